The van der Waals surface area contributed by atoms with Gasteiger partial charge in [0.25, 0.3) is 0 Å². The SMILES string of the molecule is NCc1cccc(CC(O)CF)c1CC(O)CF. The van der Waals surface area contributed by atoms with Crippen LogP contribution in [0.2, 0.25) is 0 Å². The maximum atomic E-state index is 12.4. The highest BCUT2D eigenvalue weighted by atomic mass is 19.1. The van der Waals surface area contributed by atoms with Crippen LogP contribution in [0, 0.1) is 0 Å². The van der Waals surface area contributed by atoms with Crippen LogP contribution < -0.4 is 5.73 Å². The van der Waals surface area contributed by atoms with Crippen LogP contribution in [0.15, 0.2) is 18.2 Å². The van der Waals surface area contributed by atoms with E-state index in [2.05, 4.69) is 0 Å². The van der Waals surface area contributed by atoms with Gasteiger partial charge in [-0.3, -0.25) is 0 Å². The van der Waals surface area contributed by atoms with Gasteiger partial charge in [0.15, 0.2) is 0 Å². The van der Waals surface area contributed by atoms with E-state index in [0.717, 1.165) is 5.56 Å². The van der Waals surface area contributed by atoms with Crippen LogP contribution in [0.4, 0.5) is 8.78 Å². The molecule has 18 heavy (non-hydrogen) atoms. The first-order valence-corrected chi connectivity index (χ1v) is 5.90. The van der Waals surface area contributed by atoms with Gasteiger partial charge in [0.05, 0.1) is 12.2 Å². The molecule has 1 aromatic rings. The summed E-state index contributed by atoms with van der Waals surface area (Å²) >= 11 is 0. The summed E-state index contributed by atoms with van der Waals surface area (Å²) in [5.41, 5.74) is 7.78. The van der Waals surface area contributed by atoms with Crippen LogP contribution >= 0.6 is 0 Å². The molecule has 1 rings (SSSR count). The number of hydrogen-bond acceptors (Lipinski definition) is 3. The molecule has 2 unspecified atom stereocenters. The molecule has 1 aromatic carbocycles. The van der Waals surface area contributed by atoms with Gasteiger partial charge < -0.3 is 15.9 Å². The Morgan fingerprint density at radius 2 is 1.56 bits per heavy atom. The third-order valence-corrected chi connectivity index (χ3v) is 2.84. The fourth-order valence-electron chi connectivity index (χ4n) is 1.93. The molecule has 0 fully saturated rings. The largest absolute Gasteiger partial charge is 0.390 e. The van der Waals surface area contributed by atoms with E-state index in [9.17, 15) is 19.0 Å². The standard InChI is InChI=1S/C13H19F2NO2/c14-6-11(17)4-9-2-1-3-10(8-16)13(9)5-12(18)7-15/h1-3,11-12,17-18H,4-8,16H2. The highest BCUT2D eigenvalue weighted by molar-refractivity contribution is 5.36. The van der Waals surface area contributed by atoms with Crippen LogP contribution in [0.5, 0.6) is 0 Å². The first kappa shape index (κ1) is 15.0. The number of aliphatic hydroxyl groups excluding tert-OH is 2. The number of alkyl halides is 2. The molecule has 4 N–H and O–H groups in total. The minimum Gasteiger partial charge on any atom is -0.390 e. The number of aliphatic hydroxyl groups is 2. The molecule has 0 aliphatic heterocycles. The quantitative estimate of drug-likeness (QED) is 0.681. The summed E-state index contributed by atoms with van der Waals surface area (Å²) in [7, 11) is 0. The monoisotopic (exact) mass is 259 g/mol. The van der Waals surface area contributed by atoms with Gasteiger partial charge in [-0.15, -0.1) is 0 Å². The zero-order chi connectivity index (χ0) is 13.5. The van der Waals surface area contributed by atoms with E-state index in [1.807, 2.05) is 0 Å². The van der Waals surface area contributed by atoms with E-state index >= 15 is 0 Å². The molecule has 0 spiro atoms. The van der Waals surface area contributed by atoms with E-state index in [0.29, 0.717) is 11.1 Å². The molecule has 0 aliphatic carbocycles. The van der Waals surface area contributed by atoms with Gasteiger partial charge in [-0.05, 0) is 16.7 Å². The van der Waals surface area contributed by atoms with Crippen molar-refractivity contribution >= 4 is 0 Å². The van der Waals surface area contributed by atoms with Crippen molar-refractivity contribution in [2.24, 2.45) is 5.73 Å². The summed E-state index contributed by atoms with van der Waals surface area (Å²) in [4.78, 5) is 0. The zero-order valence-corrected chi connectivity index (χ0v) is 10.1. The van der Waals surface area contributed by atoms with E-state index in [-0.39, 0.29) is 19.4 Å². The smallest absolute Gasteiger partial charge is 0.116 e. The van der Waals surface area contributed by atoms with Gasteiger partial charge in [0.2, 0.25) is 0 Å². The van der Waals surface area contributed by atoms with Gasteiger partial charge in [-0.1, -0.05) is 18.2 Å². The summed E-state index contributed by atoms with van der Waals surface area (Å²) in [6.07, 6.45) is -1.92. The van der Waals surface area contributed by atoms with Gasteiger partial charge in [-0.25, -0.2) is 8.78 Å². The van der Waals surface area contributed by atoms with Crippen molar-refractivity contribution in [2.75, 3.05) is 13.3 Å². The normalized spacial score (nSPS) is 14.5. The van der Waals surface area contributed by atoms with Gasteiger partial charge in [0, 0.05) is 19.4 Å². The van der Waals surface area contributed by atoms with E-state index in [4.69, 9.17) is 5.73 Å². The Balaban J connectivity index is 3.00. The molecule has 0 saturated carbocycles. The Labute approximate surface area is 105 Å². The van der Waals surface area contributed by atoms with Crippen LogP contribution in [0.25, 0.3) is 0 Å². The van der Waals surface area contributed by atoms with Gasteiger partial charge in [-0.2, -0.15) is 0 Å². The lowest BCUT2D eigenvalue weighted by Crippen LogP contribution is -2.19. The van der Waals surface area contributed by atoms with Crippen molar-refractivity contribution in [3.63, 3.8) is 0 Å². The second-order valence-corrected chi connectivity index (χ2v) is 4.28. The van der Waals surface area contributed by atoms with E-state index in [1.165, 1.54) is 0 Å². The first-order valence-electron chi connectivity index (χ1n) is 5.90. The summed E-state index contributed by atoms with van der Waals surface area (Å²) < 4.78 is 24.7. The molecule has 3 nitrogen and oxygen atoms in total. The third-order valence-electron chi connectivity index (χ3n) is 2.84. The van der Waals surface area contributed by atoms with Gasteiger partial charge >= 0.3 is 0 Å². The van der Waals surface area contributed by atoms with Crippen molar-refractivity contribution in [3.05, 3.63) is 34.9 Å². The molecule has 0 heterocycles. The highest BCUT2D eigenvalue weighted by Gasteiger charge is 2.15. The average Bonchev–Trinajstić information content (AvgIpc) is 2.40. The molecule has 0 amide bonds. The lowest BCUT2D eigenvalue weighted by atomic mass is 9.93. The maximum absolute atomic E-state index is 12.4. The van der Waals surface area contributed by atoms with Crippen LogP contribution in [-0.2, 0) is 19.4 Å². The van der Waals surface area contributed by atoms with Crippen molar-refractivity contribution in [3.8, 4) is 0 Å². The number of hydrogen-bond donors (Lipinski definition) is 3. The van der Waals surface area contributed by atoms with Crippen LogP contribution in [-0.4, -0.2) is 35.8 Å². The van der Waals surface area contributed by atoms with Crippen LogP contribution in [0.1, 0.15) is 16.7 Å². The highest BCUT2D eigenvalue weighted by Crippen LogP contribution is 2.19. The minimum absolute atomic E-state index is 0.123. The molecular weight excluding hydrogens is 240 g/mol. The molecule has 0 radical (unpaired) electrons. The minimum atomic E-state index is -1.10. The second-order valence-electron chi connectivity index (χ2n) is 4.28. The van der Waals surface area contributed by atoms with Gasteiger partial charge in [0.1, 0.15) is 13.3 Å². The topological polar surface area (TPSA) is 66.5 Å². The molecule has 0 saturated heterocycles. The molecule has 0 aliphatic rings. The Bertz CT molecular complexity index is 374. The Kier molecular flexibility index (Phi) is 6.18. The number of halogens is 2. The van der Waals surface area contributed by atoms with Crippen LogP contribution in [0.3, 0.4) is 0 Å². The van der Waals surface area contributed by atoms with Crippen molar-refractivity contribution in [1.82, 2.24) is 0 Å². The second kappa shape index (κ2) is 7.41. The summed E-state index contributed by atoms with van der Waals surface area (Å²) in [5.74, 6) is 0. The van der Waals surface area contributed by atoms with Crippen molar-refractivity contribution < 1.29 is 19.0 Å². The maximum Gasteiger partial charge on any atom is 0.116 e. The molecular formula is C13H19F2NO2. The van der Waals surface area contributed by atoms with E-state index < -0.39 is 25.6 Å². The first-order chi connectivity index (χ1) is 8.62. The Morgan fingerprint density at radius 1 is 1.00 bits per heavy atom. The lowest BCUT2D eigenvalue weighted by Gasteiger charge is -2.17. The number of benzene rings is 1. The Morgan fingerprint density at radius 3 is 2.11 bits per heavy atom. The summed E-state index contributed by atoms with van der Waals surface area (Å²) in [5, 5.41) is 18.7. The Hall–Kier alpha value is -1.04. The zero-order valence-electron chi connectivity index (χ0n) is 10.1. The number of rotatable bonds is 7. The van der Waals surface area contributed by atoms with Crippen molar-refractivity contribution in [1.29, 1.82) is 0 Å². The molecule has 5 heteroatoms. The predicted molar refractivity (Wildman–Crippen MR) is 65.7 cm³/mol. The fraction of sp³-hybridized carbons (Fsp3) is 0.538. The van der Waals surface area contributed by atoms with E-state index in [1.54, 1.807) is 18.2 Å². The molecule has 0 aromatic heterocycles. The summed E-state index contributed by atoms with van der Waals surface area (Å²) in [6.45, 7) is -1.42. The number of nitrogens with two attached hydrogens (primary N) is 1. The fourth-order valence-corrected chi connectivity index (χ4v) is 1.93. The lowest BCUT2D eigenvalue weighted by molar-refractivity contribution is 0.134. The molecule has 102 valence electrons. The predicted octanol–water partition coefficient (Wildman–Crippen LogP) is 0.891. The third kappa shape index (κ3) is 4.01. The van der Waals surface area contributed by atoms with Crippen molar-refractivity contribution in [2.45, 2.75) is 31.6 Å². The molecule has 0 bridgehead atoms. The summed E-state index contributed by atoms with van der Waals surface area (Å²) in [6, 6.07) is 5.28. The average molecular weight is 259 g/mol. The molecule has 2 atom stereocenters.